The normalized spacial score (nSPS) is 11.6. The number of rotatable bonds is 5. The summed E-state index contributed by atoms with van der Waals surface area (Å²) in [5.41, 5.74) is 0.238. The second-order valence-corrected chi connectivity index (χ2v) is 6.39. The van der Waals surface area contributed by atoms with Crippen molar-refractivity contribution in [3.63, 3.8) is 0 Å². The first-order chi connectivity index (χ1) is 14.5. The lowest BCUT2D eigenvalue weighted by Crippen LogP contribution is -2.01. The number of aldehydes is 1. The molecular weight excluding hydrogens is 388 g/mol. The van der Waals surface area contributed by atoms with E-state index in [1.807, 2.05) is 0 Å². The molecule has 4 rings (SSSR count). The summed E-state index contributed by atoms with van der Waals surface area (Å²) in [4.78, 5) is 35.8. The van der Waals surface area contributed by atoms with Crippen molar-refractivity contribution in [3.05, 3.63) is 80.5 Å². The Kier molecular flexibility index (Phi) is 4.93. The van der Waals surface area contributed by atoms with Gasteiger partial charge in [-0.15, -0.1) is 0 Å². The Morgan fingerprint density at radius 2 is 1.30 bits per heavy atom. The van der Waals surface area contributed by atoms with Crippen LogP contribution in [0.5, 0.6) is 11.5 Å². The summed E-state index contributed by atoms with van der Waals surface area (Å²) in [6.07, 6.45) is 2.13. The highest BCUT2D eigenvalue weighted by molar-refractivity contribution is 6.19. The Labute approximate surface area is 169 Å². The summed E-state index contributed by atoms with van der Waals surface area (Å²) in [5, 5.41) is 1.28. The molecule has 150 valence electrons. The number of carbonyl (C=O) groups excluding carboxylic acids is 1. The molecule has 7 nitrogen and oxygen atoms in total. The molecule has 0 radical (unpaired) electrons. The van der Waals surface area contributed by atoms with Gasteiger partial charge in [0.25, 0.3) is 0 Å². The standard InChI is InChI=1S/C23H16O7/c1-27-17-7-3-13-5-9-19(25)29-22(13)16(17)11-15(12-24)21-18(28-2)8-4-14-6-10-20(26)30-23(14)21/h3-12H,1-2H3. The molecule has 0 aliphatic carbocycles. The van der Waals surface area contributed by atoms with Crippen molar-refractivity contribution in [2.75, 3.05) is 14.2 Å². The summed E-state index contributed by atoms with van der Waals surface area (Å²) in [6, 6.07) is 12.7. The first-order valence-corrected chi connectivity index (χ1v) is 8.94. The molecule has 0 N–H and O–H groups in total. The number of hydrogen-bond acceptors (Lipinski definition) is 7. The van der Waals surface area contributed by atoms with E-state index < -0.39 is 11.3 Å². The van der Waals surface area contributed by atoms with Gasteiger partial charge in [0.2, 0.25) is 0 Å². The second-order valence-electron chi connectivity index (χ2n) is 6.39. The average Bonchev–Trinajstić information content (AvgIpc) is 2.76. The van der Waals surface area contributed by atoms with Crippen molar-refractivity contribution < 1.29 is 23.1 Å². The lowest BCUT2D eigenvalue weighted by molar-refractivity contribution is -0.103. The number of ether oxygens (including phenoxy) is 2. The van der Waals surface area contributed by atoms with E-state index in [9.17, 15) is 14.4 Å². The monoisotopic (exact) mass is 404 g/mol. The summed E-state index contributed by atoms with van der Waals surface area (Å²) < 4.78 is 21.6. The van der Waals surface area contributed by atoms with Gasteiger partial charge < -0.3 is 18.3 Å². The van der Waals surface area contributed by atoms with Crippen LogP contribution in [-0.2, 0) is 4.79 Å². The SMILES string of the molecule is COc1ccc2ccc(=O)oc2c1C=C(C=O)c1c(OC)ccc2ccc(=O)oc12. The van der Waals surface area contributed by atoms with Crippen molar-refractivity contribution >= 4 is 39.9 Å². The van der Waals surface area contributed by atoms with Gasteiger partial charge in [-0.3, -0.25) is 4.79 Å². The minimum atomic E-state index is -0.559. The number of benzene rings is 2. The maximum absolute atomic E-state index is 12.1. The Balaban J connectivity index is 2.09. The van der Waals surface area contributed by atoms with E-state index in [4.69, 9.17) is 18.3 Å². The Morgan fingerprint density at radius 1 is 0.767 bits per heavy atom. The summed E-state index contributed by atoms with van der Waals surface area (Å²) in [5.74, 6) is 0.743. The largest absolute Gasteiger partial charge is 0.496 e. The van der Waals surface area contributed by atoms with Crippen LogP contribution < -0.4 is 20.7 Å². The molecule has 0 saturated heterocycles. The van der Waals surface area contributed by atoms with Crippen molar-refractivity contribution in [1.29, 1.82) is 0 Å². The van der Waals surface area contributed by atoms with Crippen LogP contribution in [0.3, 0.4) is 0 Å². The van der Waals surface area contributed by atoms with E-state index in [0.29, 0.717) is 39.7 Å². The average molecular weight is 404 g/mol. The molecule has 0 spiro atoms. The minimum absolute atomic E-state index is 0.157. The minimum Gasteiger partial charge on any atom is -0.496 e. The lowest BCUT2D eigenvalue weighted by Gasteiger charge is -2.12. The third kappa shape index (κ3) is 3.26. The number of carbonyl (C=O) groups is 1. The zero-order valence-corrected chi connectivity index (χ0v) is 16.1. The summed E-state index contributed by atoms with van der Waals surface area (Å²) in [7, 11) is 2.92. The topological polar surface area (TPSA) is 96.0 Å². The van der Waals surface area contributed by atoms with E-state index in [1.54, 1.807) is 36.4 Å². The van der Waals surface area contributed by atoms with Crippen LogP contribution in [0.25, 0.3) is 33.6 Å². The predicted molar refractivity (Wildman–Crippen MR) is 112 cm³/mol. The van der Waals surface area contributed by atoms with Crippen LogP contribution in [0.15, 0.2) is 67.0 Å². The van der Waals surface area contributed by atoms with Gasteiger partial charge in [-0.25, -0.2) is 9.59 Å². The molecule has 7 heteroatoms. The van der Waals surface area contributed by atoms with Gasteiger partial charge in [0, 0.05) is 28.5 Å². The lowest BCUT2D eigenvalue weighted by atomic mass is 9.99. The van der Waals surface area contributed by atoms with Gasteiger partial charge in [0.15, 0.2) is 6.29 Å². The highest BCUT2D eigenvalue weighted by Crippen LogP contribution is 2.36. The first kappa shape index (κ1) is 19.2. The fourth-order valence-corrected chi connectivity index (χ4v) is 3.33. The quantitative estimate of drug-likeness (QED) is 0.217. The van der Waals surface area contributed by atoms with Gasteiger partial charge in [-0.05, 0) is 42.5 Å². The third-order valence-electron chi connectivity index (χ3n) is 4.70. The molecule has 0 aliphatic heterocycles. The van der Waals surface area contributed by atoms with E-state index in [0.717, 1.165) is 0 Å². The molecular formula is C23H16O7. The zero-order chi connectivity index (χ0) is 21.3. The van der Waals surface area contributed by atoms with Crippen LogP contribution in [0.1, 0.15) is 11.1 Å². The van der Waals surface area contributed by atoms with Gasteiger partial charge >= 0.3 is 11.3 Å². The Bertz CT molecular complexity index is 1420. The smallest absolute Gasteiger partial charge is 0.336 e. The molecule has 0 atom stereocenters. The van der Waals surface area contributed by atoms with E-state index in [1.165, 1.54) is 32.4 Å². The number of methoxy groups -OCH3 is 2. The number of allylic oxidation sites excluding steroid dienone is 1. The fraction of sp³-hybridized carbons (Fsp3) is 0.0870. The molecule has 0 bridgehead atoms. The van der Waals surface area contributed by atoms with E-state index >= 15 is 0 Å². The molecule has 0 fully saturated rings. The zero-order valence-electron chi connectivity index (χ0n) is 16.1. The highest BCUT2D eigenvalue weighted by atomic mass is 16.5. The Morgan fingerprint density at radius 3 is 1.90 bits per heavy atom. The number of hydrogen-bond donors (Lipinski definition) is 0. The predicted octanol–water partition coefficient (Wildman–Crippen LogP) is 3.66. The van der Waals surface area contributed by atoms with Gasteiger partial charge in [0.1, 0.15) is 22.7 Å². The van der Waals surface area contributed by atoms with Gasteiger partial charge in [-0.2, -0.15) is 0 Å². The summed E-state index contributed by atoms with van der Waals surface area (Å²) in [6.45, 7) is 0. The molecule has 0 unspecified atom stereocenters. The molecule has 4 aromatic rings. The highest BCUT2D eigenvalue weighted by Gasteiger charge is 2.18. The molecule has 0 saturated carbocycles. The van der Waals surface area contributed by atoms with Crippen molar-refractivity contribution in [1.82, 2.24) is 0 Å². The maximum Gasteiger partial charge on any atom is 0.336 e. The third-order valence-corrected chi connectivity index (χ3v) is 4.70. The van der Waals surface area contributed by atoms with Crippen molar-refractivity contribution in [3.8, 4) is 11.5 Å². The van der Waals surface area contributed by atoms with E-state index in [-0.39, 0.29) is 16.7 Å². The van der Waals surface area contributed by atoms with Crippen LogP contribution in [0.2, 0.25) is 0 Å². The maximum atomic E-state index is 12.1. The summed E-state index contributed by atoms with van der Waals surface area (Å²) >= 11 is 0. The van der Waals surface area contributed by atoms with Crippen LogP contribution >= 0.6 is 0 Å². The molecule has 30 heavy (non-hydrogen) atoms. The van der Waals surface area contributed by atoms with Crippen molar-refractivity contribution in [2.24, 2.45) is 0 Å². The van der Waals surface area contributed by atoms with Crippen molar-refractivity contribution in [2.45, 2.75) is 0 Å². The number of fused-ring (bicyclic) bond motifs is 2. The molecule has 0 aliphatic rings. The molecule has 2 heterocycles. The molecule has 2 aromatic carbocycles. The molecule has 2 aromatic heterocycles. The van der Waals surface area contributed by atoms with Crippen LogP contribution in [-0.4, -0.2) is 20.5 Å². The van der Waals surface area contributed by atoms with Gasteiger partial charge in [0.05, 0.1) is 25.3 Å². The van der Waals surface area contributed by atoms with E-state index in [2.05, 4.69) is 0 Å². The van der Waals surface area contributed by atoms with Crippen LogP contribution in [0, 0.1) is 0 Å². The molecule has 0 amide bonds. The van der Waals surface area contributed by atoms with Gasteiger partial charge in [-0.1, -0.05) is 0 Å². The van der Waals surface area contributed by atoms with Crippen LogP contribution in [0.4, 0.5) is 0 Å². The fourth-order valence-electron chi connectivity index (χ4n) is 3.33. The first-order valence-electron chi connectivity index (χ1n) is 8.94. The second kappa shape index (κ2) is 7.71. The Hall–Kier alpha value is -4.13.